The van der Waals surface area contributed by atoms with E-state index < -0.39 is 73.9 Å². The highest BCUT2D eigenvalue weighted by atomic mass is 16.6. The summed E-state index contributed by atoms with van der Waals surface area (Å²) in [5.41, 5.74) is 0.693. The summed E-state index contributed by atoms with van der Waals surface area (Å²) in [5.74, 6) is -1.68. The first-order valence-corrected chi connectivity index (χ1v) is 51.6. The minimum Gasteiger partial charge on any atom is -0.465 e. The second kappa shape index (κ2) is 61.2. The molecule has 0 aromatic carbocycles. The van der Waals surface area contributed by atoms with Gasteiger partial charge in [0.1, 0.15) is 51.3 Å². The van der Waals surface area contributed by atoms with Crippen LogP contribution in [-0.4, -0.2) is 201 Å². The number of imide groups is 1. The summed E-state index contributed by atoms with van der Waals surface area (Å²) in [6.45, 7) is 55.1. The Balaban J connectivity index is 0.000000822. The van der Waals surface area contributed by atoms with Crippen molar-refractivity contribution < 1.29 is 95.4 Å². The van der Waals surface area contributed by atoms with Gasteiger partial charge in [-0.2, -0.15) is 15.8 Å². The Bertz CT molecular complexity index is 4350. The fourth-order valence-corrected chi connectivity index (χ4v) is 18.9. The Morgan fingerprint density at radius 2 is 0.836 bits per heavy atom. The van der Waals surface area contributed by atoms with Crippen LogP contribution in [0.4, 0.5) is 19.2 Å². The van der Waals surface area contributed by atoms with Crippen LogP contribution in [0.1, 0.15) is 399 Å². The lowest BCUT2D eigenvalue weighted by molar-refractivity contribution is -0.153. The molecule has 5 unspecified atom stereocenters. The van der Waals surface area contributed by atoms with E-state index in [2.05, 4.69) is 87.3 Å². The number of Topliss-reactive ketones (excluding diaryl/α,β-unsaturated/α-hetero) is 1. The highest BCUT2D eigenvalue weighted by molar-refractivity contribution is 6.02. The first-order chi connectivity index (χ1) is 65.1. The zero-order valence-electron chi connectivity index (χ0n) is 92.1. The average molecular weight is 1960 g/mol. The van der Waals surface area contributed by atoms with E-state index in [1.807, 2.05) is 102 Å². The lowest BCUT2D eigenvalue weighted by Crippen LogP contribution is -2.66. The van der Waals surface area contributed by atoms with Crippen molar-refractivity contribution in [3.05, 3.63) is 69.4 Å². The van der Waals surface area contributed by atoms with Gasteiger partial charge in [0.25, 0.3) is 0 Å². The van der Waals surface area contributed by atoms with E-state index in [9.17, 15) is 57.5 Å². The number of hydrogen-bond donors (Lipinski definition) is 2. The summed E-state index contributed by atoms with van der Waals surface area (Å²) in [5, 5.41) is 31.8. The van der Waals surface area contributed by atoms with Crippen LogP contribution in [0.3, 0.4) is 0 Å². The fourth-order valence-electron chi connectivity index (χ4n) is 18.9. The molecule has 0 aromatic heterocycles. The molecule has 1 saturated heterocycles. The standard InChI is InChI=1S/C22H40N2O3.C20H34N2O2.C18H31NO4.C17H29NO4.C12H17NO2.C11H15NO2.C6H10O.C5H7NO2/c1-9-27-18(25)22(7,17-13-11-10-12-14-17)16-24(8)19(26)23-21(5,6)15-20(2,3)4;1-18(2,3)13-19(4,5)22-16(23)20(6,14-21(7)17(22)24)15-11-9-8-10-12-15;1-7-22-15(20)18(5,14-11-9-8-10-12-14)13-19(6)16(21)23-17(2,3)4;1-6-21-14(19)17(5,13-10-8-7-9-11-13)12-18-15(20)22-16(2,3)4;1-3-15-11(14)12(2,9-13)10-7-5-4-6-8-10;1-2-14-11(13)10(8-12)9-6-4-3-5-7-9;7-6-4-2-1-3-5-6;1-2-8-5(7)3-4-6/h13H,9-12,14-16H2,1-8H3,(H,23,26);11H,8-10,12-14H2,1-7H3;11H,7-10,12-13H2,1-6H3;10H,6-9,11-12H2,1-5H3,(H,18,20);7H,3-6,8H2,1-2H3;2-7H2,1H3;1-5H2;2-3H2,1H3. The molecule has 5 atom stereocenters. The first kappa shape index (κ1) is 128. The van der Waals surface area contributed by atoms with Crippen molar-refractivity contribution in [2.45, 2.75) is 421 Å². The van der Waals surface area contributed by atoms with E-state index in [4.69, 9.17) is 48.9 Å². The lowest BCUT2D eigenvalue weighted by atomic mass is 9.72. The molecule has 0 aromatic rings. The predicted molar refractivity (Wildman–Crippen MR) is 548 cm³/mol. The van der Waals surface area contributed by atoms with Crippen LogP contribution in [0, 0.1) is 71.9 Å². The molecule has 29 nitrogen and oxygen atoms in total. The Labute approximate surface area is 842 Å². The highest BCUT2D eigenvalue weighted by Crippen LogP contribution is 2.46. The number of allylic oxidation sites excluding steroid dienone is 6. The predicted octanol–water partition coefficient (Wildman–Crippen LogP) is 23.9. The van der Waals surface area contributed by atoms with Crippen LogP contribution in [-0.2, 0) is 76.3 Å². The molecule has 0 radical (unpaired) electrons. The molecule has 7 aliphatic carbocycles. The number of nitriles is 3. The van der Waals surface area contributed by atoms with E-state index in [0.29, 0.717) is 58.5 Å². The van der Waals surface area contributed by atoms with Crippen molar-refractivity contribution in [2.24, 2.45) is 37.9 Å². The molecule has 7 amide bonds. The molecule has 140 heavy (non-hydrogen) atoms. The van der Waals surface area contributed by atoms with Gasteiger partial charge in [-0.25, -0.2) is 28.8 Å². The maximum atomic E-state index is 13.5. The molecular weight excluding hydrogens is 1780 g/mol. The van der Waals surface area contributed by atoms with E-state index in [1.165, 1.54) is 34.6 Å². The molecule has 792 valence electrons. The van der Waals surface area contributed by atoms with Gasteiger partial charge < -0.3 is 63.2 Å². The maximum Gasteiger partial charge on any atom is 0.410 e. The van der Waals surface area contributed by atoms with Gasteiger partial charge in [0.15, 0.2) is 5.41 Å². The SMILES string of the molecule is CCOC(=O)C(C#N)=C1CCCCC1.CCOC(=O)C(C)(C#N)C1=CCCCC1.CCOC(=O)C(C)(CN(C)C(=O)NC(C)(C)CC(C)(C)C)C1=CCCCC1.CCOC(=O)C(C)(CN(C)C(=O)OC(C)(C)C)C1=CCCCC1.CCOC(=O)C(C)(CNC(=O)OC(C)(C)C)C1=CCCCC1.CCOC(=O)CC#N.CN1CC(C)(C2=CCCCC2)C(=O)N(C(C)(C)CC(C)(C)C)C1=O.O=C1CCCCC1. The number of ketones is 1. The molecule has 0 bridgehead atoms. The average Bonchev–Trinajstić information content (AvgIpc) is 0.736. The number of nitrogens with one attached hydrogen (secondary N) is 2. The number of ether oxygens (including phenoxy) is 8. The third-order valence-corrected chi connectivity index (χ3v) is 25.2. The summed E-state index contributed by atoms with van der Waals surface area (Å²) in [4.78, 5) is 151. The summed E-state index contributed by atoms with van der Waals surface area (Å²) in [6.07, 6.45) is 42.1. The van der Waals surface area contributed by atoms with Gasteiger partial charge in [0.2, 0.25) is 5.91 Å². The number of esters is 6. The summed E-state index contributed by atoms with van der Waals surface area (Å²) in [7, 11) is 5.23. The van der Waals surface area contributed by atoms with Crippen LogP contribution in [0.5, 0.6) is 0 Å². The lowest BCUT2D eigenvalue weighted by Gasteiger charge is -2.51. The molecule has 8 aliphatic rings. The number of amides is 7. The second-order valence-electron chi connectivity index (χ2n) is 44.4. The molecule has 29 heteroatoms. The van der Waals surface area contributed by atoms with Crippen molar-refractivity contribution >= 4 is 71.8 Å². The number of alkyl carbamates (subject to hydrolysis) is 1. The summed E-state index contributed by atoms with van der Waals surface area (Å²) >= 11 is 0. The van der Waals surface area contributed by atoms with Gasteiger partial charge in [-0.1, -0.05) is 107 Å². The number of hydrogen-bond acceptors (Lipinski definition) is 23. The van der Waals surface area contributed by atoms with E-state index in [-0.39, 0.29) is 77.3 Å². The van der Waals surface area contributed by atoms with Gasteiger partial charge in [-0.15, -0.1) is 0 Å². The van der Waals surface area contributed by atoms with Crippen LogP contribution in [0.25, 0.3) is 0 Å². The van der Waals surface area contributed by atoms with Gasteiger partial charge in [0.05, 0.1) is 57.2 Å². The number of rotatable bonds is 27. The van der Waals surface area contributed by atoms with Crippen LogP contribution in [0.15, 0.2) is 69.4 Å². The van der Waals surface area contributed by atoms with Crippen molar-refractivity contribution in [3.8, 4) is 18.2 Å². The molecule has 2 saturated carbocycles. The topological polar surface area (TPSA) is 387 Å². The van der Waals surface area contributed by atoms with Gasteiger partial charge in [-0.05, 0) is 347 Å². The largest absolute Gasteiger partial charge is 0.465 e. The van der Waals surface area contributed by atoms with Gasteiger partial charge in [0, 0.05) is 71.2 Å². The molecule has 1 aliphatic heterocycles. The maximum absolute atomic E-state index is 13.5. The first-order valence-electron chi connectivity index (χ1n) is 51.6. The van der Waals surface area contributed by atoms with Crippen molar-refractivity contribution in [1.29, 1.82) is 15.8 Å². The zero-order valence-corrected chi connectivity index (χ0v) is 92.1. The summed E-state index contributed by atoms with van der Waals surface area (Å²) < 4.78 is 40.7. The van der Waals surface area contributed by atoms with E-state index in [1.54, 1.807) is 92.3 Å². The molecule has 1 heterocycles. The van der Waals surface area contributed by atoms with Crippen molar-refractivity contribution in [3.63, 3.8) is 0 Å². The fraction of sp³-hybridized carbons (Fsp3) is 0.757. The Kier molecular flexibility index (Phi) is 56.0. The van der Waals surface area contributed by atoms with Crippen molar-refractivity contribution in [1.82, 2.24) is 30.2 Å². The van der Waals surface area contributed by atoms with Gasteiger partial charge >= 0.3 is 60.1 Å². The van der Waals surface area contributed by atoms with Crippen LogP contribution >= 0.6 is 0 Å². The third-order valence-electron chi connectivity index (χ3n) is 25.2. The Morgan fingerprint density at radius 3 is 1.20 bits per heavy atom. The highest BCUT2D eigenvalue weighted by Gasteiger charge is 2.54. The number of carbonyl (C=O) groups is 12. The van der Waals surface area contributed by atoms with Crippen LogP contribution < -0.4 is 10.6 Å². The van der Waals surface area contributed by atoms with Crippen LogP contribution in [0.2, 0.25) is 0 Å². The minimum atomic E-state index is -1.07. The van der Waals surface area contributed by atoms with Gasteiger partial charge in [-0.3, -0.25) is 33.7 Å². The Morgan fingerprint density at radius 1 is 0.450 bits per heavy atom. The molecule has 0 spiro atoms. The van der Waals surface area contributed by atoms with E-state index >= 15 is 0 Å². The number of nitrogens with zero attached hydrogens (tertiary/aromatic N) is 7. The second-order valence-corrected chi connectivity index (χ2v) is 44.4. The van der Waals surface area contributed by atoms with E-state index in [0.717, 1.165) is 214 Å². The Hall–Kier alpha value is -9.85. The molecule has 8 rings (SSSR count). The number of carbonyl (C=O) groups excluding carboxylic acids is 12. The molecular formula is C111H183N9O20. The normalized spacial score (nSPS) is 18.9. The monoisotopic (exact) mass is 1960 g/mol. The quantitative estimate of drug-likeness (QED) is 0.0253. The van der Waals surface area contributed by atoms with Crippen molar-refractivity contribution in [2.75, 3.05) is 87.0 Å². The minimum absolute atomic E-state index is 0.0204. The summed E-state index contributed by atoms with van der Waals surface area (Å²) in [6, 6.07) is 5.41. The number of urea groups is 2. The molecule has 3 fully saturated rings. The third kappa shape index (κ3) is 45.2. The molecule has 2 N–H and O–H groups in total. The zero-order chi connectivity index (χ0) is 107. The smallest absolute Gasteiger partial charge is 0.410 e.